The van der Waals surface area contributed by atoms with Gasteiger partial charge in [-0.2, -0.15) is 0 Å². The summed E-state index contributed by atoms with van der Waals surface area (Å²) in [4.78, 5) is 25.6. The van der Waals surface area contributed by atoms with Crippen LogP contribution < -0.4 is 4.90 Å². The van der Waals surface area contributed by atoms with Gasteiger partial charge in [0.2, 0.25) is 0 Å². The monoisotopic (exact) mass is 388 g/mol. The molecule has 27 heavy (non-hydrogen) atoms. The number of thiol groups is 1. The summed E-state index contributed by atoms with van der Waals surface area (Å²) in [6, 6.07) is 11.3. The molecule has 1 aliphatic heterocycles. The lowest BCUT2D eigenvalue weighted by atomic mass is 9.98. The fourth-order valence-electron chi connectivity index (χ4n) is 2.57. The molecule has 6 heteroatoms. The summed E-state index contributed by atoms with van der Waals surface area (Å²) >= 11 is 4.42. The van der Waals surface area contributed by atoms with E-state index in [1.54, 1.807) is 24.3 Å². The number of benzene rings is 2. The van der Waals surface area contributed by atoms with Gasteiger partial charge < -0.3 is 4.90 Å². The van der Waals surface area contributed by atoms with E-state index in [1.807, 2.05) is 40.7 Å². The van der Waals surface area contributed by atoms with Gasteiger partial charge in [0.25, 0.3) is 5.91 Å². The highest BCUT2D eigenvalue weighted by molar-refractivity contribution is 7.84. The van der Waals surface area contributed by atoms with Crippen LogP contribution in [0, 0.1) is 10.7 Å². The maximum Gasteiger partial charge on any atom is 0.258 e. The predicted octanol–water partition coefficient (Wildman–Crippen LogP) is 6.60. The van der Waals surface area contributed by atoms with Gasteiger partial charge in [0.1, 0.15) is 5.69 Å². The van der Waals surface area contributed by atoms with Gasteiger partial charge >= 0.3 is 0 Å². The van der Waals surface area contributed by atoms with Crippen LogP contribution >= 0.6 is 12.6 Å². The number of halogens is 1. The van der Waals surface area contributed by atoms with Crippen molar-refractivity contribution in [3.8, 4) is 0 Å². The van der Waals surface area contributed by atoms with Gasteiger partial charge in [-0.15, -0.1) is 17.5 Å². The van der Waals surface area contributed by atoms with Crippen LogP contribution in [0.15, 0.2) is 52.5 Å². The summed E-state index contributed by atoms with van der Waals surface area (Å²) in [5, 5.41) is 2.69. The van der Waals surface area contributed by atoms with Crippen molar-refractivity contribution in [3.05, 3.63) is 69.2 Å². The van der Waals surface area contributed by atoms with E-state index in [-0.39, 0.29) is 18.1 Å². The van der Waals surface area contributed by atoms with Gasteiger partial charge in [-0.05, 0) is 35.9 Å². The van der Waals surface area contributed by atoms with Crippen molar-refractivity contribution in [2.45, 2.75) is 34.6 Å². The van der Waals surface area contributed by atoms with Crippen molar-refractivity contribution < 1.29 is 9.18 Å². The van der Waals surface area contributed by atoms with E-state index in [1.165, 1.54) is 17.0 Å². The minimum absolute atomic E-state index is 0.253. The number of hydrogen-bond donors (Lipinski definition) is 1. The minimum atomic E-state index is -0.750. The summed E-state index contributed by atoms with van der Waals surface area (Å²) in [6.45, 7) is 10.1. The molecule has 0 atom stereocenters. The van der Waals surface area contributed by atoms with Crippen LogP contribution in [0.4, 0.5) is 15.8 Å². The number of nitrogens with zero attached hydrogens (tertiary/aromatic N) is 2. The Hall–Kier alpha value is -2.47. The van der Waals surface area contributed by atoms with Crippen LogP contribution in [0.1, 0.15) is 50.5 Å². The smallest absolute Gasteiger partial charge is 0.258 e. The molecule has 3 rings (SSSR count). The molecule has 1 aliphatic rings. The lowest BCUT2D eigenvalue weighted by molar-refractivity contribution is 0.0989. The molecule has 1 amide bonds. The van der Waals surface area contributed by atoms with Crippen LogP contribution in [0.2, 0.25) is 0 Å². The number of hydrogen-bond acceptors (Lipinski definition) is 4. The number of allylic oxidation sites excluding steroid dienone is 1. The van der Waals surface area contributed by atoms with Crippen molar-refractivity contribution in [1.82, 2.24) is 0 Å². The first kappa shape index (κ1) is 22.6. The second kappa shape index (κ2) is 10.6. The molecule has 0 radical (unpaired) electrons. The highest BCUT2D eigenvalue weighted by Crippen LogP contribution is 2.39. The van der Waals surface area contributed by atoms with Gasteiger partial charge in [-0.3, -0.25) is 4.79 Å². The number of amides is 1. The van der Waals surface area contributed by atoms with Gasteiger partial charge in [0, 0.05) is 22.1 Å². The molecule has 2 aromatic rings. The van der Waals surface area contributed by atoms with Crippen molar-refractivity contribution in [3.63, 3.8) is 0 Å². The summed E-state index contributed by atoms with van der Waals surface area (Å²) in [5.74, 6) is -1.00. The Morgan fingerprint density at radius 1 is 1.11 bits per heavy atom. The van der Waals surface area contributed by atoms with Crippen LogP contribution in [0.3, 0.4) is 0 Å². The van der Waals surface area contributed by atoms with Gasteiger partial charge in [0.15, 0.2) is 5.82 Å². The molecule has 0 aromatic heterocycles. The predicted molar refractivity (Wildman–Crippen MR) is 114 cm³/mol. The molecular formula is C21H25FN2O2S. The highest BCUT2D eigenvalue weighted by atomic mass is 32.1. The van der Waals surface area contributed by atoms with Crippen molar-refractivity contribution in [1.29, 1.82) is 0 Å². The molecule has 0 spiro atoms. The van der Waals surface area contributed by atoms with E-state index in [9.17, 15) is 14.1 Å². The Bertz CT molecular complexity index is 836. The molecule has 4 nitrogen and oxygen atoms in total. The normalized spacial score (nSPS) is 12.2. The second-order valence-electron chi connectivity index (χ2n) is 5.24. The number of rotatable bonds is 2. The minimum Gasteiger partial charge on any atom is -0.303 e. The zero-order valence-electron chi connectivity index (χ0n) is 16.3. The Morgan fingerprint density at radius 3 is 2.26 bits per heavy atom. The zero-order chi connectivity index (χ0) is 20.6. The summed E-state index contributed by atoms with van der Waals surface area (Å²) < 4.78 is 14.0. The van der Waals surface area contributed by atoms with Crippen LogP contribution in [0.5, 0.6) is 0 Å². The van der Waals surface area contributed by atoms with Crippen LogP contribution in [-0.2, 0) is 0 Å². The quantitative estimate of drug-likeness (QED) is 0.465. The average molecular weight is 389 g/mol. The van der Waals surface area contributed by atoms with Crippen molar-refractivity contribution in [2.75, 3.05) is 11.4 Å². The highest BCUT2D eigenvalue weighted by Gasteiger charge is 2.28. The SMILES string of the molecule is CC.CC.CC1=C(S)CN(C(=O)c2ccccc2)c2cc(F)c(N=O)cc21. The third-order valence-corrected chi connectivity index (χ3v) is 4.34. The topological polar surface area (TPSA) is 49.7 Å². The van der Waals surface area contributed by atoms with Crippen LogP contribution in [-0.4, -0.2) is 12.5 Å². The van der Waals surface area contributed by atoms with Crippen molar-refractivity contribution >= 4 is 35.5 Å². The number of carbonyl (C=O) groups is 1. The average Bonchev–Trinajstić information content (AvgIpc) is 2.73. The molecule has 0 bridgehead atoms. The molecule has 0 N–H and O–H groups in total. The molecule has 2 aromatic carbocycles. The zero-order valence-corrected chi connectivity index (χ0v) is 17.2. The fraction of sp³-hybridized carbons (Fsp3) is 0.286. The molecule has 0 aliphatic carbocycles. The Kier molecular flexibility index (Phi) is 8.88. The molecule has 144 valence electrons. The molecule has 0 saturated carbocycles. The lowest BCUT2D eigenvalue weighted by Gasteiger charge is -2.31. The molecular weight excluding hydrogens is 363 g/mol. The molecule has 0 unspecified atom stereocenters. The largest absolute Gasteiger partial charge is 0.303 e. The first-order chi connectivity index (χ1) is 13.0. The van der Waals surface area contributed by atoms with E-state index in [0.29, 0.717) is 21.7 Å². The molecule has 0 fully saturated rings. The summed E-state index contributed by atoms with van der Waals surface area (Å²) in [6.07, 6.45) is 0. The summed E-state index contributed by atoms with van der Waals surface area (Å²) in [5.41, 5.74) is 2.02. The number of anilines is 1. The first-order valence-electron chi connectivity index (χ1n) is 8.96. The Morgan fingerprint density at radius 2 is 1.70 bits per heavy atom. The molecule has 0 saturated heterocycles. The fourth-order valence-corrected chi connectivity index (χ4v) is 2.83. The maximum absolute atomic E-state index is 14.0. The Labute approximate surface area is 165 Å². The Balaban J connectivity index is 0.000000855. The van der Waals surface area contributed by atoms with Gasteiger partial charge in [-0.1, -0.05) is 45.9 Å². The number of nitroso groups, excluding NO2 is 1. The second-order valence-corrected chi connectivity index (χ2v) is 5.78. The van der Waals surface area contributed by atoms with E-state index in [0.717, 1.165) is 5.57 Å². The molecule has 1 heterocycles. The lowest BCUT2D eigenvalue weighted by Crippen LogP contribution is -2.35. The van der Waals surface area contributed by atoms with Gasteiger partial charge in [-0.25, -0.2) is 4.39 Å². The number of fused-ring (bicyclic) bond motifs is 1. The number of carbonyl (C=O) groups excluding carboxylic acids is 1. The maximum atomic E-state index is 14.0. The third-order valence-electron chi connectivity index (χ3n) is 3.86. The van der Waals surface area contributed by atoms with E-state index < -0.39 is 5.82 Å². The van der Waals surface area contributed by atoms with Crippen molar-refractivity contribution in [2.24, 2.45) is 5.18 Å². The first-order valence-corrected chi connectivity index (χ1v) is 9.40. The third kappa shape index (κ3) is 4.83. The van der Waals surface area contributed by atoms with E-state index in [2.05, 4.69) is 17.8 Å². The van der Waals surface area contributed by atoms with E-state index in [4.69, 9.17) is 0 Å². The van der Waals surface area contributed by atoms with Crippen LogP contribution in [0.25, 0.3) is 5.57 Å². The standard InChI is InChI=1S/C17H13FN2O2S.2C2H6/c1-10-12-7-14(19-22)13(18)8-15(12)20(9-16(10)23)17(21)11-5-3-2-4-6-11;2*1-2/h2-8,23H,9H2,1H3;2*1-2H3. The van der Waals surface area contributed by atoms with E-state index >= 15 is 0 Å². The van der Waals surface area contributed by atoms with Gasteiger partial charge in [0.05, 0.1) is 12.2 Å². The summed E-state index contributed by atoms with van der Waals surface area (Å²) in [7, 11) is 0.